The van der Waals surface area contributed by atoms with Gasteiger partial charge >= 0.3 is 5.97 Å². The molecule has 0 saturated carbocycles. The van der Waals surface area contributed by atoms with Crippen molar-refractivity contribution in [3.8, 4) is 0 Å². The van der Waals surface area contributed by atoms with Crippen LogP contribution >= 0.6 is 0 Å². The van der Waals surface area contributed by atoms with E-state index in [0.717, 1.165) is 33.4 Å². The zero-order valence-electron chi connectivity index (χ0n) is 40.6. The van der Waals surface area contributed by atoms with Crippen LogP contribution in [-0.2, 0) is 87.0 Å². The molecule has 2 aliphatic heterocycles. The van der Waals surface area contributed by atoms with Crippen LogP contribution in [-0.4, -0.2) is 85.7 Å². The van der Waals surface area contributed by atoms with Crippen molar-refractivity contribution < 1.29 is 57.3 Å². The zero-order chi connectivity index (χ0) is 49.9. The molecule has 2 fully saturated rings. The number of hydrogen-bond donors (Lipinski definition) is 1. The third-order valence-corrected chi connectivity index (χ3v) is 12.7. The maximum absolute atomic E-state index is 13.6. The molecule has 0 radical (unpaired) electrons. The van der Waals surface area contributed by atoms with Crippen molar-refractivity contribution in [2.24, 2.45) is 0 Å². The van der Waals surface area contributed by atoms with E-state index in [1.54, 1.807) is 24.3 Å². The molecule has 0 unspecified atom stereocenters. The fourth-order valence-electron chi connectivity index (χ4n) is 8.92. The topological polar surface area (TPSA) is 130 Å². The Morgan fingerprint density at radius 1 is 0.370 bits per heavy atom. The van der Waals surface area contributed by atoms with Crippen LogP contribution in [0, 0.1) is 0 Å². The second-order valence-corrected chi connectivity index (χ2v) is 18.0. The molecule has 2 aliphatic rings. The van der Waals surface area contributed by atoms with Gasteiger partial charge in [0, 0.05) is 0 Å². The molecule has 378 valence electrons. The Bertz CT molecular complexity index is 2630. The average molecular weight is 987 g/mol. The molecule has 7 aromatic rings. The Balaban J connectivity index is 1.11. The van der Waals surface area contributed by atoms with Gasteiger partial charge in [0.15, 0.2) is 12.6 Å². The lowest BCUT2D eigenvalue weighted by Crippen LogP contribution is -2.66. The Kier molecular flexibility index (Phi) is 19.1. The molecule has 12 nitrogen and oxygen atoms in total. The van der Waals surface area contributed by atoms with E-state index < -0.39 is 67.4 Å². The minimum absolute atomic E-state index is 0.0829. The summed E-state index contributed by atoms with van der Waals surface area (Å²) in [5.74, 6) is -0.581. The lowest BCUT2D eigenvalue weighted by Gasteiger charge is -2.49. The van der Waals surface area contributed by atoms with E-state index in [1.807, 2.05) is 188 Å². The van der Waals surface area contributed by atoms with E-state index in [0.29, 0.717) is 12.2 Å². The minimum Gasteiger partial charge on any atom is -0.459 e. The molecule has 0 amide bonds. The van der Waals surface area contributed by atoms with E-state index in [1.165, 1.54) is 0 Å². The number of carbonyl (C=O) groups is 1. The maximum atomic E-state index is 13.6. The number of aliphatic hydroxyl groups excluding tert-OH is 1. The van der Waals surface area contributed by atoms with Crippen molar-refractivity contribution in [2.45, 2.75) is 101 Å². The van der Waals surface area contributed by atoms with Crippen LogP contribution < -0.4 is 0 Å². The maximum Gasteiger partial charge on any atom is 0.338 e. The predicted molar refractivity (Wildman–Crippen MR) is 272 cm³/mol. The number of esters is 1. The fourth-order valence-corrected chi connectivity index (χ4v) is 8.92. The van der Waals surface area contributed by atoms with Crippen molar-refractivity contribution >= 4 is 5.97 Å². The van der Waals surface area contributed by atoms with Crippen LogP contribution in [0.5, 0.6) is 0 Å². The average Bonchev–Trinajstić information content (AvgIpc) is 3.45. The molecular weight excluding hydrogens is 925 g/mol. The summed E-state index contributed by atoms with van der Waals surface area (Å²) in [6.07, 6.45) is -10.4. The van der Waals surface area contributed by atoms with Crippen molar-refractivity contribution in [2.75, 3.05) is 13.2 Å². The summed E-state index contributed by atoms with van der Waals surface area (Å²) in [6.45, 7) is 0.917. The van der Waals surface area contributed by atoms with Gasteiger partial charge in [0.25, 0.3) is 0 Å². The highest BCUT2D eigenvalue weighted by molar-refractivity contribution is 5.89. The molecular formula is C61H62O12. The summed E-state index contributed by atoms with van der Waals surface area (Å²) in [6, 6.07) is 67.6. The summed E-state index contributed by atoms with van der Waals surface area (Å²) >= 11 is 0. The van der Waals surface area contributed by atoms with Gasteiger partial charge in [0.1, 0.15) is 55.4 Å². The van der Waals surface area contributed by atoms with Gasteiger partial charge in [0.2, 0.25) is 0 Å². The van der Waals surface area contributed by atoms with E-state index in [2.05, 4.69) is 0 Å². The van der Waals surface area contributed by atoms with Gasteiger partial charge in [-0.15, -0.1) is 0 Å². The highest BCUT2D eigenvalue weighted by atomic mass is 16.8. The molecule has 2 saturated heterocycles. The van der Waals surface area contributed by atoms with Gasteiger partial charge < -0.3 is 52.5 Å². The second-order valence-electron chi connectivity index (χ2n) is 18.0. The fraction of sp³-hybridized carbons (Fsp3) is 0.295. The molecule has 73 heavy (non-hydrogen) atoms. The highest BCUT2D eigenvalue weighted by Crippen LogP contribution is 2.36. The summed E-state index contributed by atoms with van der Waals surface area (Å²) in [4.78, 5) is 13.6. The van der Waals surface area contributed by atoms with Crippen molar-refractivity contribution in [3.05, 3.63) is 251 Å². The smallest absolute Gasteiger partial charge is 0.338 e. The Labute approximate surface area is 427 Å². The molecule has 7 aromatic carbocycles. The van der Waals surface area contributed by atoms with E-state index in [4.69, 9.17) is 47.4 Å². The van der Waals surface area contributed by atoms with E-state index in [-0.39, 0.29) is 46.2 Å². The van der Waals surface area contributed by atoms with Gasteiger partial charge in [-0.1, -0.05) is 200 Å². The lowest BCUT2D eigenvalue weighted by molar-refractivity contribution is -0.373. The monoisotopic (exact) mass is 986 g/mol. The zero-order valence-corrected chi connectivity index (χ0v) is 40.6. The third kappa shape index (κ3) is 14.9. The lowest BCUT2D eigenvalue weighted by atomic mass is 9.95. The molecule has 10 atom stereocenters. The molecule has 0 aromatic heterocycles. The van der Waals surface area contributed by atoms with Gasteiger partial charge in [-0.25, -0.2) is 4.79 Å². The van der Waals surface area contributed by atoms with Gasteiger partial charge in [-0.05, 0) is 45.5 Å². The van der Waals surface area contributed by atoms with Crippen LogP contribution in [0.25, 0.3) is 0 Å². The molecule has 9 rings (SSSR count). The van der Waals surface area contributed by atoms with Crippen molar-refractivity contribution in [3.63, 3.8) is 0 Å². The van der Waals surface area contributed by atoms with Crippen LogP contribution in [0.4, 0.5) is 0 Å². The minimum atomic E-state index is -1.53. The van der Waals surface area contributed by atoms with Crippen LogP contribution in [0.15, 0.2) is 212 Å². The Morgan fingerprint density at radius 2 is 0.712 bits per heavy atom. The van der Waals surface area contributed by atoms with Gasteiger partial charge in [-0.2, -0.15) is 0 Å². The number of benzene rings is 7. The Morgan fingerprint density at radius 3 is 1.15 bits per heavy atom. The number of ether oxygens (including phenoxy) is 10. The number of aliphatic hydroxyl groups is 1. The molecule has 1 N–H and O–H groups in total. The normalized spacial score (nSPS) is 23.9. The van der Waals surface area contributed by atoms with Gasteiger partial charge in [0.05, 0.1) is 51.8 Å². The molecule has 0 bridgehead atoms. The molecule has 12 heteroatoms. The third-order valence-electron chi connectivity index (χ3n) is 12.7. The first-order valence-corrected chi connectivity index (χ1v) is 24.8. The number of carbonyl (C=O) groups excluding carboxylic acids is 1. The van der Waals surface area contributed by atoms with E-state index >= 15 is 0 Å². The summed E-state index contributed by atoms with van der Waals surface area (Å²) in [5, 5.41) is 12.0. The predicted octanol–water partition coefficient (Wildman–Crippen LogP) is 9.81. The van der Waals surface area contributed by atoms with Crippen LogP contribution in [0.2, 0.25) is 0 Å². The second kappa shape index (κ2) is 27.1. The summed E-state index contributed by atoms with van der Waals surface area (Å²) in [7, 11) is 0. The number of hydrogen-bond acceptors (Lipinski definition) is 12. The first-order chi connectivity index (χ1) is 36.0. The van der Waals surface area contributed by atoms with Crippen molar-refractivity contribution in [1.29, 1.82) is 0 Å². The van der Waals surface area contributed by atoms with E-state index in [9.17, 15) is 9.90 Å². The highest BCUT2D eigenvalue weighted by Gasteiger charge is 2.54. The summed E-state index contributed by atoms with van der Waals surface area (Å²) < 4.78 is 67.7. The first kappa shape index (κ1) is 51.5. The van der Waals surface area contributed by atoms with Crippen molar-refractivity contribution in [1.82, 2.24) is 0 Å². The molecule has 2 heterocycles. The molecule has 0 aliphatic carbocycles. The molecule has 0 spiro atoms. The first-order valence-electron chi connectivity index (χ1n) is 24.8. The Hall–Kier alpha value is -6.39. The van der Waals surface area contributed by atoms with Gasteiger partial charge in [-0.3, -0.25) is 0 Å². The van der Waals surface area contributed by atoms with Crippen LogP contribution in [0.3, 0.4) is 0 Å². The largest absolute Gasteiger partial charge is 0.459 e. The SMILES string of the molecule is O=C(OC[C@H]1O[C@@H](O)[C@H](OCc2ccccc2)[C@@H](OCc2ccccc2)[C@H]1O[C@H]1O[C@H](COCc2ccccc2)[C@H](OCc2ccccc2)[C@H](OCc2ccccc2)[C@H]1OCc1ccccc1)c1ccccc1. The summed E-state index contributed by atoms with van der Waals surface area (Å²) in [5.41, 5.74) is 5.88. The quantitative estimate of drug-likeness (QED) is 0.0579. The standard InChI is InChI=1S/C61H62O12/c62-59(50-34-20-7-21-35-50)70-43-52-54(56(67-39-47-28-14-4-15-29-47)57(60(63)71-52)68-40-48-30-16-5-17-31-48)73-61-58(69-41-49-32-18-6-19-33-49)55(66-38-46-26-12-3-13-27-46)53(65-37-45-24-10-2-11-25-45)51(72-61)42-64-36-44-22-8-1-9-23-44/h1-35,51-58,60-61,63H,36-43H2/t51-,52-,53+,54+,55+,56+,57-,58-,60-,61-/m1/s1. The number of rotatable bonds is 24. The van der Waals surface area contributed by atoms with Crippen LogP contribution in [0.1, 0.15) is 43.7 Å².